The Balaban J connectivity index is 2.40. The van der Waals surface area contributed by atoms with Gasteiger partial charge in [-0.05, 0) is 18.2 Å². The maximum Gasteiger partial charge on any atom is 0.173 e. The first-order chi connectivity index (χ1) is 9.10. The first kappa shape index (κ1) is 13.6. The molecule has 0 saturated carbocycles. The van der Waals surface area contributed by atoms with Gasteiger partial charge in [-0.1, -0.05) is 32.7 Å². The summed E-state index contributed by atoms with van der Waals surface area (Å²) < 4.78 is 6.41. The second-order valence-electron chi connectivity index (χ2n) is 3.57. The quantitative estimate of drug-likeness (QED) is 0.388. The van der Waals surface area contributed by atoms with Crippen molar-refractivity contribution in [2.24, 2.45) is 10.9 Å². The number of oxime groups is 1. The van der Waals surface area contributed by atoms with E-state index in [1.54, 1.807) is 24.3 Å². The van der Waals surface area contributed by atoms with Gasteiger partial charge in [0.05, 0.1) is 16.8 Å². The van der Waals surface area contributed by atoms with Crippen LogP contribution in [0.2, 0.25) is 5.02 Å². The van der Waals surface area contributed by atoms with E-state index in [1.807, 2.05) is 0 Å². The van der Waals surface area contributed by atoms with E-state index in [9.17, 15) is 0 Å². The van der Waals surface area contributed by atoms with Crippen LogP contribution in [0.15, 0.2) is 46.3 Å². The van der Waals surface area contributed by atoms with Crippen LogP contribution in [0.3, 0.4) is 0 Å². The predicted molar refractivity (Wildman–Crippen MR) is 76.0 cm³/mol. The Hall–Kier alpha value is -1.79. The maximum atomic E-state index is 8.77. The number of benzene rings is 1. The molecule has 0 atom stereocenters. The Morgan fingerprint density at radius 3 is 2.84 bits per heavy atom. The van der Waals surface area contributed by atoms with E-state index in [2.05, 4.69) is 26.1 Å². The van der Waals surface area contributed by atoms with Gasteiger partial charge < -0.3 is 15.7 Å². The van der Waals surface area contributed by atoms with Gasteiger partial charge in [-0.3, -0.25) is 4.98 Å². The molecule has 2 rings (SSSR count). The van der Waals surface area contributed by atoms with Gasteiger partial charge in [0.25, 0.3) is 0 Å². The first-order valence-electron chi connectivity index (χ1n) is 5.16. The molecule has 0 bridgehead atoms. The molecule has 5 nitrogen and oxygen atoms in total. The van der Waals surface area contributed by atoms with Crippen molar-refractivity contribution >= 4 is 33.4 Å². The summed E-state index contributed by atoms with van der Waals surface area (Å²) in [5.74, 6) is 0.843. The van der Waals surface area contributed by atoms with Crippen molar-refractivity contribution in [1.29, 1.82) is 0 Å². The molecule has 1 aromatic heterocycles. The fourth-order valence-corrected chi connectivity index (χ4v) is 1.95. The molecule has 1 heterocycles. The summed E-state index contributed by atoms with van der Waals surface area (Å²) in [4.78, 5) is 3.92. The number of hydrogen-bond donors (Lipinski definition) is 2. The summed E-state index contributed by atoms with van der Waals surface area (Å²) in [6.45, 7) is 0. The topological polar surface area (TPSA) is 80.7 Å². The Morgan fingerprint density at radius 1 is 1.37 bits per heavy atom. The average Bonchev–Trinajstić information content (AvgIpc) is 2.40. The van der Waals surface area contributed by atoms with Gasteiger partial charge in [-0.2, -0.15) is 0 Å². The van der Waals surface area contributed by atoms with Crippen LogP contribution < -0.4 is 10.5 Å². The molecule has 2 aromatic rings. The molecule has 3 N–H and O–H groups in total. The highest BCUT2D eigenvalue weighted by Gasteiger charge is 2.10. The highest BCUT2D eigenvalue weighted by atomic mass is 79.9. The second-order valence-corrected chi connectivity index (χ2v) is 4.92. The van der Waals surface area contributed by atoms with Crippen LogP contribution in [-0.2, 0) is 0 Å². The van der Waals surface area contributed by atoms with Crippen molar-refractivity contribution in [3.63, 3.8) is 0 Å². The minimum Gasteiger partial charge on any atom is -0.455 e. The van der Waals surface area contributed by atoms with E-state index in [0.717, 1.165) is 4.47 Å². The smallest absolute Gasteiger partial charge is 0.173 e. The van der Waals surface area contributed by atoms with E-state index in [4.69, 9.17) is 27.3 Å². The molecule has 7 heteroatoms. The van der Waals surface area contributed by atoms with E-state index < -0.39 is 0 Å². The minimum absolute atomic E-state index is 0.0497. The number of nitrogens with zero attached hydrogens (tertiary/aromatic N) is 2. The molecule has 0 fully saturated rings. The zero-order valence-corrected chi connectivity index (χ0v) is 11.9. The number of aromatic nitrogens is 1. The fourth-order valence-electron chi connectivity index (χ4n) is 1.42. The molecule has 0 spiro atoms. The van der Waals surface area contributed by atoms with Gasteiger partial charge in [0.2, 0.25) is 0 Å². The lowest BCUT2D eigenvalue weighted by Gasteiger charge is -2.10. The monoisotopic (exact) mass is 341 g/mol. The highest BCUT2D eigenvalue weighted by molar-refractivity contribution is 9.10. The molecule has 0 aliphatic rings. The van der Waals surface area contributed by atoms with Crippen molar-refractivity contribution in [3.05, 3.63) is 51.7 Å². The van der Waals surface area contributed by atoms with Gasteiger partial charge in [0.1, 0.15) is 11.5 Å². The zero-order chi connectivity index (χ0) is 13.8. The molecule has 0 amide bonds. The van der Waals surface area contributed by atoms with Gasteiger partial charge in [-0.25, -0.2) is 0 Å². The van der Waals surface area contributed by atoms with Crippen molar-refractivity contribution < 1.29 is 9.94 Å². The normalized spacial score (nSPS) is 11.4. The van der Waals surface area contributed by atoms with Crippen molar-refractivity contribution in [1.82, 2.24) is 4.98 Å². The summed E-state index contributed by atoms with van der Waals surface area (Å²) >= 11 is 9.14. The van der Waals surface area contributed by atoms with Gasteiger partial charge in [0, 0.05) is 16.7 Å². The Morgan fingerprint density at radius 2 is 2.16 bits per heavy atom. The lowest BCUT2D eigenvalue weighted by molar-refractivity contribution is 0.318. The third kappa shape index (κ3) is 3.36. The van der Waals surface area contributed by atoms with Crippen molar-refractivity contribution in [2.75, 3.05) is 0 Å². The van der Waals surface area contributed by atoms with Crippen molar-refractivity contribution in [2.45, 2.75) is 0 Å². The van der Waals surface area contributed by atoms with E-state index in [-0.39, 0.29) is 5.84 Å². The number of pyridine rings is 1. The SMILES string of the molecule is N/C(=N/O)c1cc(Br)ccc1Oc1cncc(Cl)c1. The number of amidine groups is 1. The van der Waals surface area contributed by atoms with Crippen molar-refractivity contribution in [3.8, 4) is 11.5 Å². The lowest BCUT2D eigenvalue weighted by Crippen LogP contribution is -2.14. The second kappa shape index (κ2) is 5.90. The number of ether oxygens (including phenoxy) is 1. The molecule has 0 unspecified atom stereocenters. The molecule has 0 aliphatic heterocycles. The number of nitrogens with two attached hydrogens (primary N) is 1. The van der Waals surface area contributed by atoms with Crippen LogP contribution in [0, 0.1) is 0 Å². The summed E-state index contributed by atoms with van der Waals surface area (Å²) in [6, 6.07) is 6.77. The van der Waals surface area contributed by atoms with E-state index >= 15 is 0 Å². The largest absolute Gasteiger partial charge is 0.455 e. The Kier molecular flexibility index (Phi) is 4.24. The van der Waals surface area contributed by atoms with Crippen LogP contribution in [0.25, 0.3) is 0 Å². The van der Waals surface area contributed by atoms with Gasteiger partial charge in [-0.15, -0.1) is 0 Å². The summed E-state index contributed by atoms with van der Waals surface area (Å²) in [6.07, 6.45) is 3.02. The Labute approximate surface area is 122 Å². The third-order valence-electron chi connectivity index (χ3n) is 2.23. The zero-order valence-electron chi connectivity index (χ0n) is 9.55. The van der Waals surface area contributed by atoms with Crippen LogP contribution >= 0.6 is 27.5 Å². The molecule has 1 aromatic carbocycles. The standard InChI is InChI=1S/C12H9BrClN3O2/c13-7-1-2-11(10(3-7)12(15)17-18)19-9-4-8(14)5-16-6-9/h1-6,18H,(H2,15,17). The molecular formula is C12H9BrClN3O2. The average molecular weight is 343 g/mol. The van der Waals surface area contributed by atoms with Crippen LogP contribution in [0.4, 0.5) is 0 Å². The first-order valence-corrected chi connectivity index (χ1v) is 6.33. The third-order valence-corrected chi connectivity index (χ3v) is 2.93. The van der Waals surface area contributed by atoms with Crippen LogP contribution in [0.1, 0.15) is 5.56 Å². The number of hydrogen-bond acceptors (Lipinski definition) is 4. The molecular weight excluding hydrogens is 334 g/mol. The molecule has 98 valence electrons. The molecule has 0 radical (unpaired) electrons. The number of rotatable bonds is 3. The molecule has 0 saturated heterocycles. The maximum absolute atomic E-state index is 8.77. The summed E-state index contributed by atoms with van der Waals surface area (Å²) in [5, 5.41) is 12.2. The highest BCUT2D eigenvalue weighted by Crippen LogP contribution is 2.28. The van der Waals surface area contributed by atoms with Gasteiger partial charge >= 0.3 is 0 Å². The van der Waals surface area contributed by atoms with Crippen LogP contribution in [0.5, 0.6) is 11.5 Å². The van der Waals surface area contributed by atoms with Crippen LogP contribution in [-0.4, -0.2) is 16.0 Å². The fraction of sp³-hybridized carbons (Fsp3) is 0. The van der Waals surface area contributed by atoms with Gasteiger partial charge in [0.15, 0.2) is 5.84 Å². The lowest BCUT2D eigenvalue weighted by atomic mass is 10.2. The Bertz CT molecular complexity index is 634. The summed E-state index contributed by atoms with van der Waals surface area (Å²) in [5.41, 5.74) is 6.06. The molecule has 0 aliphatic carbocycles. The predicted octanol–water partition coefficient (Wildman–Crippen LogP) is 3.38. The summed E-state index contributed by atoms with van der Waals surface area (Å²) in [7, 11) is 0. The van der Waals surface area contributed by atoms with E-state index in [1.165, 1.54) is 12.4 Å². The minimum atomic E-state index is -0.0497. The number of halogens is 2. The molecule has 19 heavy (non-hydrogen) atoms. The van der Waals surface area contributed by atoms with E-state index in [0.29, 0.717) is 22.1 Å².